The van der Waals surface area contributed by atoms with Crippen molar-refractivity contribution >= 4 is 23.2 Å². The van der Waals surface area contributed by atoms with Crippen LogP contribution in [0, 0.1) is 0 Å². The molecule has 0 aromatic carbocycles. The molecule has 0 atom stereocenters. The summed E-state index contributed by atoms with van der Waals surface area (Å²) in [6.45, 7) is 3.61. The minimum atomic E-state index is -1.05. The van der Waals surface area contributed by atoms with Crippen molar-refractivity contribution in [2.24, 2.45) is 5.73 Å². The Morgan fingerprint density at radius 3 is 2.69 bits per heavy atom. The summed E-state index contributed by atoms with van der Waals surface area (Å²) in [6, 6.07) is 0. The molecule has 0 aliphatic carbocycles. The summed E-state index contributed by atoms with van der Waals surface area (Å²) in [5, 5.41) is 13.2. The van der Waals surface area contributed by atoms with E-state index in [1.165, 1.54) is 0 Å². The molecule has 0 saturated carbocycles. The lowest BCUT2D eigenvalue weighted by atomic mass is 10.1. The van der Waals surface area contributed by atoms with E-state index in [1.807, 2.05) is 0 Å². The van der Waals surface area contributed by atoms with Crippen molar-refractivity contribution in [3.8, 4) is 0 Å². The van der Waals surface area contributed by atoms with Gasteiger partial charge in [0.1, 0.15) is 0 Å². The first-order valence-corrected chi connectivity index (χ1v) is 5.43. The summed E-state index contributed by atoms with van der Waals surface area (Å²) >= 11 is 1.05. The van der Waals surface area contributed by atoms with E-state index in [0.29, 0.717) is 12.2 Å². The first kappa shape index (κ1) is 12.6. The molecule has 0 aliphatic rings. The standard InChI is InChI=1S/C9H13N3O3S/c1-9(2,8(10)15)11-3-5-4-16-6(12-5)7(13)14/h4,11H,3H2,1-2H3,(H2,10,15)(H,13,14). The Labute approximate surface area is 96.5 Å². The predicted octanol–water partition coefficient (Wildman–Crippen LogP) is 0.195. The average Bonchev–Trinajstić information content (AvgIpc) is 2.63. The molecular formula is C9H13N3O3S. The number of rotatable bonds is 5. The third kappa shape index (κ3) is 3.01. The van der Waals surface area contributed by atoms with Gasteiger partial charge in [0.15, 0.2) is 0 Å². The fraction of sp³-hybridized carbons (Fsp3) is 0.444. The number of carboxylic acids is 1. The number of carbonyl (C=O) groups excluding carboxylic acids is 1. The van der Waals surface area contributed by atoms with Gasteiger partial charge in [0.05, 0.1) is 11.2 Å². The molecular weight excluding hydrogens is 230 g/mol. The molecule has 16 heavy (non-hydrogen) atoms. The maximum absolute atomic E-state index is 11.0. The molecule has 88 valence electrons. The van der Waals surface area contributed by atoms with E-state index in [-0.39, 0.29) is 5.01 Å². The highest BCUT2D eigenvalue weighted by Gasteiger charge is 2.24. The topological polar surface area (TPSA) is 105 Å². The van der Waals surface area contributed by atoms with E-state index < -0.39 is 17.4 Å². The lowest BCUT2D eigenvalue weighted by molar-refractivity contribution is -0.123. The SMILES string of the molecule is CC(C)(NCc1csc(C(=O)O)n1)C(N)=O. The summed E-state index contributed by atoms with van der Waals surface area (Å²) in [4.78, 5) is 25.5. The van der Waals surface area contributed by atoms with Crippen LogP contribution in [0.1, 0.15) is 29.3 Å². The third-order valence-electron chi connectivity index (χ3n) is 2.06. The highest BCUT2D eigenvalue weighted by molar-refractivity contribution is 7.11. The molecule has 1 amide bonds. The van der Waals surface area contributed by atoms with Gasteiger partial charge in [-0.05, 0) is 13.8 Å². The zero-order valence-electron chi connectivity index (χ0n) is 8.98. The van der Waals surface area contributed by atoms with Gasteiger partial charge in [0, 0.05) is 11.9 Å². The summed E-state index contributed by atoms with van der Waals surface area (Å²) in [7, 11) is 0. The van der Waals surface area contributed by atoms with Gasteiger partial charge in [-0.15, -0.1) is 11.3 Å². The van der Waals surface area contributed by atoms with Crippen LogP contribution in [-0.2, 0) is 11.3 Å². The predicted molar refractivity (Wildman–Crippen MR) is 59.2 cm³/mol. The highest BCUT2D eigenvalue weighted by atomic mass is 32.1. The Bertz CT molecular complexity index is 414. The van der Waals surface area contributed by atoms with Gasteiger partial charge in [-0.25, -0.2) is 9.78 Å². The molecule has 7 heteroatoms. The number of nitrogens with two attached hydrogens (primary N) is 1. The lowest BCUT2D eigenvalue weighted by Crippen LogP contribution is -2.50. The number of nitrogens with one attached hydrogen (secondary N) is 1. The van der Waals surface area contributed by atoms with Crippen LogP contribution in [0.15, 0.2) is 5.38 Å². The van der Waals surface area contributed by atoms with Crippen molar-refractivity contribution in [1.82, 2.24) is 10.3 Å². The molecule has 6 nitrogen and oxygen atoms in total. The molecule has 0 bridgehead atoms. The normalized spacial score (nSPS) is 11.4. The van der Waals surface area contributed by atoms with Gasteiger partial charge in [0.25, 0.3) is 0 Å². The quantitative estimate of drug-likeness (QED) is 0.684. The summed E-state index contributed by atoms with van der Waals surface area (Å²) < 4.78 is 0. The number of aromatic nitrogens is 1. The number of thiazole rings is 1. The Morgan fingerprint density at radius 1 is 1.62 bits per heavy atom. The smallest absolute Gasteiger partial charge is 0.365 e. The van der Waals surface area contributed by atoms with Crippen molar-refractivity contribution in [2.75, 3.05) is 0 Å². The van der Waals surface area contributed by atoms with Crippen LogP contribution in [0.5, 0.6) is 0 Å². The number of hydrogen-bond donors (Lipinski definition) is 3. The monoisotopic (exact) mass is 243 g/mol. The van der Waals surface area contributed by atoms with E-state index >= 15 is 0 Å². The molecule has 1 aromatic rings. The minimum Gasteiger partial charge on any atom is -0.476 e. The fourth-order valence-corrected chi connectivity index (χ4v) is 1.54. The number of primary amides is 1. The van der Waals surface area contributed by atoms with E-state index in [0.717, 1.165) is 11.3 Å². The Hall–Kier alpha value is -1.47. The summed E-state index contributed by atoms with van der Waals surface area (Å²) in [5.74, 6) is -1.52. The fourth-order valence-electron chi connectivity index (χ4n) is 0.885. The van der Waals surface area contributed by atoms with Crippen molar-refractivity contribution in [3.63, 3.8) is 0 Å². The molecule has 0 spiro atoms. The highest BCUT2D eigenvalue weighted by Crippen LogP contribution is 2.10. The number of carbonyl (C=O) groups is 2. The average molecular weight is 243 g/mol. The first-order chi connectivity index (χ1) is 7.33. The van der Waals surface area contributed by atoms with Gasteiger partial charge < -0.3 is 10.8 Å². The van der Waals surface area contributed by atoms with Gasteiger partial charge in [-0.2, -0.15) is 0 Å². The maximum atomic E-state index is 11.0. The van der Waals surface area contributed by atoms with Crippen LogP contribution in [0.25, 0.3) is 0 Å². The molecule has 1 rings (SSSR count). The number of carboxylic acid groups (broad SMARTS) is 1. The Kier molecular flexibility index (Phi) is 3.61. The van der Waals surface area contributed by atoms with E-state index in [9.17, 15) is 9.59 Å². The zero-order chi connectivity index (χ0) is 12.3. The van der Waals surface area contributed by atoms with Gasteiger partial charge in [-0.1, -0.05) is 0 Å². The molecule has 0 aliphatic heterocycles. The van der Waals surface area contributed by atoms with Crippen LogP contribution in [-0.4, -0.2) is 27.5 Å². The zero-order valence-corrected chi connectivity index (χ0v) is 9.80. The molecule has 0 saturated heterocycles. The molecule has 1 heterocycles. The van der Waals surface area contributed by atoms with Gasteiger partial charge in [0.2, 0.25) is 10.9 Å². The van der Waals surface area contributed by atoms with Gasteiger partial charge in [-0.3, -0.25) is 10.1 Å². The van der Waals surface area contributed by atoms with Crippen LogP contribution in [0.2, 0.25) is 0 Å². The molecule has 0 radical (unpaired) electrons. The molecule has 4 N–H and O–H groups in total. The van der Waals surface area contributed by atoms with Crippen molar-refractivity contribution in [2.45, 2.75) is 25.9 Å². The van der Waals surface area contributed by atoms with Crippen molar-refractivity contribution < 1.29 is 14.7 Å². The second-order valence-corrected chi connectivity index (χ2v) is 4.65. The lowest BCUT2D eigenvalue weighted by Gasteiger charge is -2.21. The van der Waals surface area contributed by atoms with Crippen molar-refractivity contribution in [1.29, 1.82) is 0 Å². The minimum absolute atomic E-state index is 0.0358. The van der Waals surface area contributed by atoms with Crippen LogP contribution < -0.4 is 11.1 Å². The van der Waals surface area contributed by atoms with Gasteiger partial charge >= 0.3 is 5.97 Å². The Balaban J connectivity index is 2.61. The van der Waals surface area contributed by atoms with Crippen LogP contribution in [0.4, 0.5) is 0 Å². The number of hydrogen-bond acceptors (Lipinski definition) is 5. The largest absolute Gasteiger partial charge is 0.476 e. The first-order valence-electron chi connectivity index (χ1n) is 4.55. The Morgan fingerprint density at radius 2 is 2.25 bits per heavy atom. The maximum Gasteiger partial charge on any atom is 0.365 e. The summed E-state index contributed by atoms with van der Waals surface area (Å²) in [6.07, 6.45) is 0. The van der Waals surface area contributed by atoms with E-state index in [2.05, 4.69) is 10.3 Å². The van der Waals surface area contributed by atoms with E-state index in [1.54, 1.807) is 19.2 Å². The second kappa shape index (κ2) is 4.58. The number of aromatic carboxylic acids is 1. The third-order valence-corrected chi connectivity index (χ3v) is 2.94. The molecule has 1 aromatic heterocycles. The number of amides is 1. The van der Waals surface area contributed by atoms with Crippen LogP contribution in [0.3, 0.4) is 0 Å². The number of nitrogens with zero attached hydrogens (tertiary/aromatic N) is 1. The second-order valence-electron chi connectivity index (χ2n) is 3.79. The summed E-state index contributed by atoms with van der Waals surface area (Å²) in [5.41, 5.74) is 4.91. The molecule has 0 fully saturated rings. The van der Waals surface area contributed by atoms with Crippen LogP contribution >= 0.6 is 11.3 Å². The van der Waals surface area contributed by atoms with E-state index in [4.69, 9.17) is 10.8 Å². The molecule has 0 unspecified atom stereocenters. The van der Waals surface area contributed by atoms with Crippen molar-refractivity contribution in [3.05, 3.63) is 16.1 Å².